The van der Waals surface area contributed by atoms with E-state index in [1.54, 1.807) is 0 Å². The number of carbonyl (C=O) groups is 1. The van der Waals surface area contributed by atoms with Crippen LogP contribution in [0.4, 0.5) is 0 Å². The lowest BCUT2D eigenvalue weighted by molar-refractivity contribution is -0.139. The summed E-state index contributed by atoms with van der Waals surface area (Å²) in [5.41, 5.74) is 2.71. The van der Waals surface area contributed by atoms with E-state index in [2.05, 4.69) is 17.0 Å². The molecule has 3 nitrogen and oxygen atoms in total. The molecule has 2 atom stereocenters. The Bertz CT molecular complexity index is 391. The van der Waals surface area contributed by atoms with Gasteiger partial charge in [-0.3, -0.25) is 9.69 Å². The minimum Gasteiger partial charge on any atom is -0.481 e. The van der Waals surface area contributed by atoms with E-state index in [0.29, 0.717) is 0 Å². The van der Waals surface area contributed by atoms with Crippen LogP contribution >= 0.6 is 0 Å². The number of carboxylic acid groups (broad SMARTS) is 1. The topological polar surface area (TPSA) is 40.5 Å². The van der Waals surface area contributed by atoms with Crippen LogP contribution in [0.25, 0.3) is 0 Å². The zero-order valence-corrected chi connectivity index (χ0v) is 8.39. The fraction of sp³-hybridized carbons (Fsp3) is 0.417. The fourth-order valence-corrected chi connectivity index (χ4v) is 2.44. The van der Waals surface area contributed by atoms with Gasteiger partial charge >= 0.3 is 5.97 Å². The van der Waals surface area contributed by atoms with Crippen molar-refractivity contribution in [3.63, 3.8) is 0 Å². The summed E-state index contributed by atoms with van der Waals surface area (Å²) in [5.74, 6) is -0.768. The van der Waals surface area contributed by atoms with Crippen molar-refractivity contribution in [1.29, 1.82) is 0 Å². The van der Waals surface area contributed by atoms with Gasteiger partial charge < -0.3 is 5.11 Å². The molecule has 0 radical (unpaired) electrons. The lowest BCUT2D eigenvalue weighted by Crippen LogP contribution is -2.22. The monoisotopic (exact) mass is 203 g/mol. The molecule has 1 heterocycles. The average molecular weight is 203 g/mol. The Morgan fingerprint density at radius 2 is 1.87 bits per heavy atom. The minimum atomic E-state index is -0.643. The highest BCUT2D eigenvalue weighted by Gasteiger charge is 2.48. The first-order chi connectivity index (χ1) is 7.25. The molecule has 0 amide bonds. The summed E-state index contributed by atoms with van der Waals surface area (Å²) in [5, 5.41) is 8.87. The van der Waals surface area contributed by atoms with Gasteiger partial charge in [-0.1, -0.05) is 24.3 Å². The van der Waals surface area contributed by atoms with Gasteiger partial charge in [0.05, 0.1) is 5.92 Å². The standard InChI is InChI=1S/C12H13NO2/c14-12(15)10-5-11(10)13-6-8-3-1-2-4-9(8)7-13/h1-4,10-11H,5-7H2,(H,14,15). The summed E-state index contributed by atoms with van der Waals surface area (Å²) in [6.45, 7) is 1.84. The van der Waals surface area contributed by atoms with Gasteiger partial charge in [0.25, 0.3) is 0 Å². The summed E-state index contributed by atoms with van der Waals surface area (Å²) in [6.07, 6.45) is 0.823. The highest BCUT2D eigenvalue weighted by molar-refractivity contribution is 5.74. The van der Waals surface area contributed by atoms with Gasteiger partial charge in [-0.25, -0.2) is 0 Å². The predicted molar refractivity (Wildman–Crippen MR) is 55.2 cm³/mol. The van der Waals surface area contributed by atoms with Crippen LogP contribution in [-0.2, 0) is 17.9 Å². The molecule has 1 aliphatic heterocycles. The lowest BCUT2D eigenvalue weighted by Gasteiger charge is -2.13. The molecule has 1 N–H and O–H groups in total. The molecule has 78 valence electrons. The molecule has 1 saturated carbocycles. The molecule has 3 heteroatoms. The third-order valence-electron chi connectivity index (χ3n) is 3.41. The van der Waals surface area contributed by atoms with E-state index in [-0.39, 0.29) is 12.0 Å². The number of hydrogen-bond donors (Lipinski definition) is 1. The summed E-state index contributed by atoms with van der Waals surface area (Å²) in [4.78, 5) is 13.1. The quantitative estimate of drug-likeness (QED) is 0.791. The van der Waals surface area contributed by atoms with Crippen LogP contribution in [-0.4, -0.2) is 22.0 Å². The van der Waals surface area contributed by atoms with Crippen LogP contribution in [0.2, 0.25) is 0 Å². The van der Waals surface area contributed by atoms with E-state index in [0.717, 1.165) is 19.5 Å². The largest absolute Gasteiger partial charge is 0.481 e. The Kier molecular flexibility index (Phi) is 1.83. The van der Waals surface area contributed by atoms with Gasteiger partial charge in [-0.05, 0) is 17.5 Å². The van der Waals surface area contributed by atoms with Crippen molar-refractivity contribution >= 4 is 5.97 Å². The highest BCUT2D eigenvalue weighted by Crippen LogP contribution is 2.40. The van der Waals surface area contributed by atoms with Crippen molar-refractivity contribution in [2.45, 2.75) is 25.6 Å². The molecular formula is C12H13NO2. The van der Waals surface area contributed by atoms with Crippen molar-refractivity contribution in [3.05, 3.63) is 35.4 Å². The van der Waals surface area contributed by atoms with Gasteiger partial charge in [-0.2, -0.15) is 0 Å². The molecule has 15 heavy (non-hydrogen) atoms. The first-order valence-corrected chi connectivity index (χ1v) is 5.29. The second kappa shape index (κ2) is 3.07. The van der Waals surface area contributed by atoms with Crippen LogP contribution in [0.15, 0.2) is 24.3 Å². The predicted octanol–water partition coefficient (Wildman–Crippen LogP) is 1.48. The third-order valence-corrected chi connectivity index (χ3v) is 3.41. The van der Waals surface area contributed by atoms with Crippen LogP contribution in [0.5, 0.6) is 0 Å². The van der Waals surface area contributed by atoms with Crippen molar-refractivity contribution in [2.24, 2.45) is 5.92 Å². The minimum absolute atomic E-state index is 0.126. The summed E-state index contributed by atoms with van der Waals surface area (Å²) in [7, 11) is 0. The SMILES string of the molecule is O=C(O)C1CC1N1Cc2ccccc2C1. The Morgan fingerprint density at radius 1 is 1.27 bits per heavy atom. The molecule has 1 fully saturated rings. The first kappa shape index (κ1) is 8.92. The number of aliphatic carboxylic acids is 1. The van der Waals surface area contributed by atoms with E-state index in [1.165, 1.54) is 11.1 Å². The lowest BCUT2D eigenvalue weighted by atomic mass is 10.1. The van der Waals surface area contributed by atoms with Gasteiger partial charge in [0.2, 0.25) is 0 Å². The molecule has 1 aromatic rings. The zero-order valence-electron chi connectivity index (χ0n) is 8.39. The molecule has 0 saturated heterocycles. The maximum atomic E-state index is 10.8. The number of nitrogens with zero attached hydrogens (tertiary/aromatic N) is 1. The second-order valence-electron chi connectivity index (χ2n) is 4.42. The summed E-state index contributed by atoms with van der Waals surface area (Å²) >= 11 is 0. The molecule has 1 aromatic carbocycles. The maximum absolute atomic E-state index is 10.8. The maximum Gasteiger partial charge on any atom is 0.308 e. The molecule has 0 bridgehead atoms. The summed E-state index contributed by atoms with van der Waals surface area (Å²) < 4.78 is 0. The molecule has 2 aliphatic rings. The van der Waals surface area contributed by atoms with Gasteiger partial charge in [0, 0.05) is 19.1 Å². The average Bonchev–Trinajstić information content (AvgIpc) is 2.91. The Morgan fingerprint density at radius 3 is 2.33 bits per heavy atom. The number of rotatable bonds is 2. The fourth-order valence-electron chi connectivity index (χ4n) is 2.44. The Balaban J connectivity index is 1.73. The van der Waals surface area contributed by atoms with Crippen molar-refractivity contribution in [1.82, 2.24) is 4.90 Å². The van der Waals surface area contributed by atoms with Gasteiger partial charge in [0.15, 0.2) is 0 Å². The molecular weight excluding hydrogens is 190 g/mol. The third kappa shape index (κ3) is 1.43. The first-order valence-electron chi connectivity index (χ1n) is 5.29. The van der Waals surface area contributed by atoms with E-state index >= 15 is 0 Å². The smallest absolute Gasteiger partial charge is 0.308 e. The number of fused-ring (bicyclic) bond motifs is 1. The van der Waals surface area contributed by atoms with E-state index < -0.39 is 5.97 Å². The van der Waals surface area contributed by atoms with Crippen LogP contribution in [0, 0.1) is 5.92 Å². The number of benzene rings is 1. The molecule has 2 unspecified atom stereocenters. The molecule has 3 rings (SSSR count). The van der Waals surface area contributed by atoms with Crippen LogP contribution < -0.4 is 0 Å². The molecule has 0 spiro atoms. The van der Waals surface area contributed by atoms with E-state index in [4.69, 9.17) is 5.11 Å². The van der Waals surface area contributed by atoms with Crippen molar-refractivity contribution in [3.8, 4) is 0 Å². The second-order valence-corrected chi connectivity index (χ2v) is 4.42. The van der Waals surface area contributed by atoms with Gasteiger partial charge in [0.1, 0.15) is 0 Å². The summed E-state index contributed by atoms with van der Waals surface area (Å²) in [6, 6.07) is 8.63. The highest BCUT2D eigenvalue weighted by atomic mass is 16.4. The number of carboxylic acids is 1. The van der Waals surface area contributed by atoms with Gasteiger partial charge in [-0.15, -0.1) is 0 Å². The Hall–Kier alpha value is -1.35. The zero-order chi connectivity index (χ0) is 10.4. The molecule has 1 aliphatic carbocycles. The normalized spacial score (nSPS) is 28.8. The van der Waals surface area contributed by atoms with Crippen LogP contribution in [0.1, 0.15) is 17.5 Å². The number of hydrogen-bond acceptors (Lipinski definition) is 2. The van der Waals surface area contributed by atoms with E-state index in [9.17, 15) is 4.79 Å². The van der Waals surface area contributed by atoms with E-state index in [1.807, 2.05) is 12.1 Å². The Labute approximate surface area is 88.3 Å². The van der Waals surface area contributed by atoms with Crippen molar-refractivity contribution in [2.75, 3.05) is 0 Å². The van der Waals surface area contributed by atoms with Crippen LogP contribution in [0.3, 0.4) is 0 Å². The molecule has 0 aromatic heterocycles. The van der Waals surface area contributed by atoms with Crippen molar-refractivity contribution < 1.29 is 9.90 Å².